The second-order valence-corrected chi connectivity index (χ2v) is 9.13. The van der Waals surface area contributed by atoms with Gasteiger partial charge in [-0.2, -0.15) is 0 Å². The van der Waals surface area contributed by atoms with Crippen LogP contribution >= 0.6 is 0 Å². The van der Waals surface area contributed by atoms with Crippen molar-refractivity contribution >= 4 is 17.7 Å². The van der Waals surface area contributed by atoms with Gasteiger partial charge >= 0.3 is 0 Å². The van der Waals surface area contributed by atoms with Crippen molar-refractivity contribution in [2.45, 2.75) is 45.1 Å². The first-order valence-electron chi connectivity index (χ1n) is 11.4. The van der Waals surface area contributed by atoms with E-state index in [0.717, 1.165) is 31.2 Å². The van der Waals surface area contributed by atoms with Crippen LogP contribution in [0.3, 0.4) is 0 Å². The van der Waals surface area contributed by atoms with Gasteiger partial charge in [0.1, 0.15) is 0 Å². The van der Waals surface area contributed by atoms with E-state index >= 15 is 0 Å². The van der Waals surface area contributed by atoms with E-state index in [1.165, 1.54) is 16.9 Å². The predicted octanol–water partition coefficient (Wildman–Crippen LogP) is 4.23. The van der Waals surface area contributed by atoms with Crippen LogP contribution in [0.25, 0.3) is 0 Å². The zero-order valence-electron chi connectivity index (χ0n) is 17.9. The average Bonchev–Trinajstić information content (AvgIpc) is 3.04. The second kappa shape index (κ2) is 7.95. The Kier molecular flexibility index (Phi) is 5.12. The highest BCUT2D eigenvalue weighted by molar-refractivity contribution is 6.21. The molecule has 3 atom stereocenters. The van der Waals surface area contributed by atoms with E-state index in [-0.39, 0.29) is 36.2 Å². The molecule has 0 aromatic heterocycles. The standard InChI is InChI=1S/C26H28N2O3/c1-17-8-2-4-10-19(17)24(29)27-15-14-18-9-3-5-11-20(18)23(27)16-28-25(30)21-12-6-7-13-22(21)26(28)31/h3,5-7,9,11-13,17,19,23H,2,4,8,10,14-16H2,1H3/t17-,19?,23?/m1/s1. The van der Waals surface area contributed by atoms with Gasteiger partial charge in [-0.05, 0) is 48.4 Å². The molecule has 0 radical (unpaired) electrons. The SMILES string of the molecule is C[C@@H]1CCCCC1C(=O)N1CCc2ccccc2C1CN1C(=O)c2ccccc2C1=O. The van der Waals surface area contributed by atoms with Gasteiger partial charge in [-0.15, -0.1) is 0 Å². The lowest BCUT2D eigenvalue weighted by Gasteiger charge is -2.42. The third-order valence-corrected chi connectivity index (χ3v) is 7.36. The van der Waals surface area contributed by atoms with Gasteiger partial charge in [-0.1, -0.05) is 56.2 Å². The molecule has 5 nitrogen and oxygen atoms in total. The Balaban J connectivity index is 1.48. The first-order chi connectivity index (χ1) is 15.1. The van der Waals surface area contributed by atoms with E-state index < -0.39 is 0 Å². The molecule has 2 aromatic rings. The maximum atomic E-state index is 13.7. The summed E-state index contributed by atoms with van der Waals surface area (Å²) in [5, 5.41) is 0. The highest BCUT2D eigenvalue weighted by Gasteiger charge is 2.42. The van der Waals surface area contributed by atoms with E-state index in [0.29, 0.717) is 23.6 Å². The molecule has 1 saturated carbocycles. The van der Waals surface area contributed by atoms with Gasteiger partial charge in [0, 0.05) is 12.5 Å². The molecule has 1 fully saturated rings. The Morgan fingerprint density at radius 2 is 1.58 bits per heavy atom. The summed E-state index contributed by atoms with van der Waals surface area (Å²) in [5.74, 6) is 0.0644. The fourth-order valence-corrected chi connectivity index (χ4v) is 5.59. The fraction of sp³-hybridized carbons (Fsp3) is 0.423. The lowest BCUT2D eigenvalue weighted by Crippen LogP contribution is -2.49. The minimum absolute atomic E-state index is 0.0312. The van der Waals surface area contributed by atoms with Crippen LogP contribution in [0.4, 0.5) is 0 Å². The maximum absolute atomic E-state index is 13.7. The number of carbonyl (C=O) groups excluding carboxylic acids is 3. The molecule has 3 amide bonds. The van der Waals surface area contributed by atoms with Crippen LogP contribution in [0.2, 0.25) is 0 Å². The van der Waals surface area contributed by atoms with Crippen LogP contribution < -0.4 is 0 Å². The molecule has 3 aliphatic rings. The minimum Gasteiger partial charge on any atom is -0.333 e. The zero-order chi connectivity index (χ0) is 21.5. The predicted molar refractivity (Wildman–Crippen MR) is 118 cm³/mol. The van der Waals surface area contributed by atoms with Crippen molar-refractivity contribution in [3.63, 3.8) is 0 Å². The number of fused-ring (bicyclic) bond motifs is 2. The first-order valence-corrected chi connectivity index (χ1v) is 11.4. The quantitative estimate of drug-likeness (QED) is 0.704. The van der Waals surface area contributed by atoms with E-state index in [1.54, 1.807) is 24.3 Å². The second-order valence-electron chi connectivity index (χ2n) is 9.13. The van der Waals surface area contributed by atoms with E-state index in [4.69, 9.17) is 0 Å². The number of amides is 3. The van der Waals surface area contributed by atoms with Crippen LogP contribution in [-0.4, -0.2) is 40.6 Å². The van der Waals surface area contributed by atoms with Crippen LogP contribution in [-0.2, 0) is 11.2 Å². The van der Waals surface area contributed by atoms with Crippen LogP contribution in [0.1, 0.15) is 70.5 Å². The van der Waals surface area contributed by atoms with Gasteiger partial charge < -0.3 is 4.90 Å². The Bertz CT molecular complexity index is 1010. The number of hydrogen-bond donors (Lipinski definition) is 0. The third-order valence-electron chi connectivity index (χ3n) is 7.36. The summed E-state index contributed by atoms with van der Waals surface area (Å²) in [5.41, 5.74) is 3.16. The first kappa shape index (κ1) is 20.0. The molecule has 0 spiro atoms. The fourth-order valence-electron chi connectivity index (χ4n) is 5.59. The lowest BCUT2D eigenvalue weighted by atomic mass is 9.78. The molecular formula is C26H28N2O3. The van der Waals surface area contributed by atoms with Crippen molar-refractivity contribution < 1.29 is 14.4 Å². The Labute approximate surface area is 183 Å². The molecule has 0 N–H and O–H groups in total. The van der Waals surface area contributed by atoms with E-state index in [1.807, 2.05) is 23.1 Å². The van der Waals surface area contributed by atoms with Crippen molar-refractivity contribution in [1.82, 2.24) is 9.80 Å². The number of nitrogens with zero attached hydrogens (tertiary/aromatic N) is 2. The number of hydrogen-bond acceptors (Lipinski definition) is 3. The highest BCUT2D eigenvalue weighted by Crippen LogP contribution is 2.37. The van der Waals surface area contributed by atoms with Gasteiger partial charge in [0.15, 0.2) is 0 Å². The molecule has 1 aliphatic carbocycles. The molecule has 0 bridgehead atoms. The summed E-state index contributed by atoms with van der Waals surface area (Å²) in [6, 6.07) is 14.8. The van der Waals surface area contributed by atoms with Gasteiger partial charge in [0.25, 0.3) is 11.8 Å². The lowest BCUT2D eigenvalue weighted by molar-refractivity contribution is -0.141. The monoisotopic (exact) mass is 416 g/mol. The largest absolute Gasteiger partial charge is 0.333 e. The summed E-state index contributed by atoms with van der Waals surface area (Å²) in [6.07, 6.45) is 5.10. The maximum Gasteiger partial charge on any atom is 0.261 e. The van der Waals surface area contributed by atoms with E-state index in [2.05, 4.69) is 13.0 Å². The number of benzene rings is 2. The Morgan fingerprint density at radius 1 is 0.935 bits per heavy atom. The van der Waals surface area contributed by atoms with Crippen molar-refractivity contribution in [2.75, 3.05) is 13.1 Å². The van der Waals surface area contributed by atoms with Gasteiger partial charge in [0.05, 0.1) is 23.7 Å². The summed E-state index contributed by atoms with van der Waals surface area (Å²) in [6.45, 7) is 3.02. The third kappa shape index (κ3) is 3.36. The smallest absolute Gasteiger partial charge is 0.261 e. The van der Waals surface area contributed by atoms with Gasteiger partial charge in [0.2, 0.25) is 5.91 Å². The number of carbonyl (C=O) groups is 3. The number of imide groups is 1. The zero-order valence-corrected chi connectivity index (χ0v) is 17.9. The molecule has 2 aromatic carbocycles. The summed E-state index contributed by atoms with van der Waals surface area (Å²) in [7, 11) is 0. The van der Waals surface area contributed by atoms with Crippen molar-refractivity contribution in [3.05, 3.63) is 70.8 Å². The highest BCUT2D eigenvalue weighted by atomic mass is 16.2. The molecule has 160 valence electrons. The molecule has 5 rings (SSSR count). The molecule has 2 unspecified atom stereocenters. The van der Waals surface area contributed by atoms with Crippen molar-refractivity contribution in [3.8, 4) is 0 Å². The summed E-state index contributed by atoms with van der Waals surface area (Å²) in [4.78, 5) is 43.0. The average molecular weight is 417 g/mol. The molecule has 2 aliphatic heterocycles. The summed E-state index contributed by atoms with van der Waals surface area (Å²) >= 11 is 0. The minimum atomic E-state index is -0.297. The molecule has 0 saturated heterocycles. The van der Waals surface area contributed by atoms with Crippen LogP contribution in [0, 0.1) is 11.8 Å². The Morgan fingerprint density at radius 3 is 2.29 bits per heavy atom. The molecule has 31 heavy (non-hydrogen) atoms. The van der Waals surface area contributed by atoms with Crippen LogP contribution in [0.15, 0.2) is 48.5 Å². The molecule has 2 heterocycles. The summed E-state index contributed by atoms with van der Waals surface area (Å²) < 4.78 is 0. The molecular weight excluding hydrogens is 388 g/mol. The normalized spacial score (nSPS) is 25.4. The van der Waals surface area contributed by atoms with E-state index in [9.17, 15) is 14.4 Å². The Hall–Kier alpha value is -2.95. The van der Waals surface area contributed by atoms with Gasteiger partial charge in [-0.3, -0.25) is 19.3 Å². The number of rotatable bonds is 3. The topological polar surface area (TPSA) is 57.7 Å². The van der Waals surface area contributed by atoms with Crippen molar-refractivity contribution in [2.24, 2.45) is 11.8 Å². The van der Waals surface area contributed by atoms with Crippen molar-refractivity contribution in [1.29, 1.82) is 0 Å². The van der Waals surface area contributed by atoms with Crippen LogP contribution in [0.5, 0.6) is 0 Å². The molecule has 5 heteroatoms. The van der Waals surface area contributed by atoms with Gasteiger partial charge in [-0.25, -0.2) is 0 Å².